The maximum Gasteiger partial charge on any atom is 0.00670 e. The highest BCUT2D eigenvalue weighted by atomic mass is 15.0. The molecule has 1 aliphatic heterocycles. The van der Waals surface area contributed by atoms with Gasteiger partial charge >= 0.3 is 0 Å². The van der Waals surface area contributed by atoms with Crippen molar-refractivity contribution >= 4 is 0 Å². The summed E-state index contributed by atoms with van der Waals surface area (Å²) >= 11 is 0. The highest BCUT2D eigenvalue weighted by Gasteiger charge is 2.17. The molecular weight excluding hydrogens is 122 g/mol. The minimum Gasteiger partial charge on any atom is -0.311 e. The fourth-order valence-electron chi connectivity index (χ4n) is 1.75. The van der Waals surface area contributed by atoms with Crippen LogP contribution in [0.1, 0.15) is 46.0 Å². The molecule has 1 heteroatoms. The molecule has 1 rings (SSSR count). The third kappa shape index (κ3) is 1.98. The summed E-state index contributed by atoms with van der Waals surface area (Å²) in [5.74, 6) is 0. The maximum atomic E-state index is 3.65. The Morgan fingerprint density at radius 2 is 1.60 bits per heavy atom. The van der Waals surface area contributed by atoms with Gasteiger partial charge in [0.25, 0.3) is 0 Å². The SMILES string of the molecule is CC[C@@H]1CCC[C@H](CC)N1. The Kier molecular flexibility index (Phi) is 3.20. The van der Waals surface area contributed by atoms with Crippen molar-refractivity contribution in [3.05, 3.63) is 0 Å². The number of rotatable bonds is 2. The van der Waals surface area contributed by atoms with Crippen LogP contribution < -0.4 is 5.32 Å². The van der Waals surface area contributed by atoms with Crippen molar-refractivity contribution in [1.29, 1.82) is 0 Å². The van der Waals surface area contributed by atoms with Gasteiger partial charge in [0.05, 0.1) is 0 Å². The normalized spacial score (nSPS) is 34.2. The van der Waals surface area contributed by atoms with Gasteiger partial charge in [-0.05, 0) is 25.7 Å². The first-order chi connectivity index (χ1) is 4.86. The molecule has 1 nitrogen and oxygen atoms in total. The van der Waals surface area contributed by atoms with Crippen LogP contribution in [0.15, 0.2) is 0 Å². The number of hydrogen-bond donors (Lipinski definition) is 1. The Labute approximate surface area is 64.2 Å². The Bertz CT molecular complexity index is 80.7. The van der Waals surface area contributed by atoms with E-state index in [9.17, 15) is 0 Å². The van der Waals surface area contributed by atoms with Gasteiger partial charge in [0.2, 0.25) is 0 Å². The van der Waals surface area contributed by atoms with Gasteiger partial charge in [0.1, 0.15) is 0 Å². The van der Waals surface area contributed by atoms with Crippen molar-refractivity contribution in [2.45, 2.75) is 58.0 Å². The molecule has 0 bridgehead atoms. The molecule has 0 unspecified atom stereocenters. The average Bonchev–Trinajstić information content (AvgIpc) is 2.05. The van der Waals surface area contributed by atoms with E-state index in [1.165, 1.54) is 32.1 Å². The summed E-state index contributed by atoms with van der Waals surface area (Å²) in [7, 11) is 0. The van der Waals surface area contributed by atoms with E-state index >= 15 is 0 Å². The molecule has 1 N–H and O–H groups in total. The second-order valence-electron chi connectivity index (χ2n) is 3.31. The molecule has 1 heterocycles. The second-order valence-corrected chi connectivity index (χ2v) is 3.31. The smallest absolute Gasteiger partial charge is 0.00670 e. The Morgan fingerprint density at radius 3 is 2.00 bits per heavy atom. The van der Waals surface area contributed by atoms with Gasteiger partial charge in [-0.2, -0.15) is 0 Å². The Balaban J connectivity index is 2.25. The van der Waals surface area contributed by atoms with Crippen molar-refractivity contribution in [3.63, 3.8) is 0 Å². The van der Waals surface area contributed by atoms with Crippen molar-refractivity contribution in [3.8, 4) is 0 Å². The van der Waals surface area contributed by atoms with E-state index in [4.69, 9.17) is 0 Å². The van der Waals surface area contributed by atoms with Crippen molar-refractivity contribution in [2.75, 3.05) is 0 Å². The maximum absolute atomic E-state index is 3.65. The lowest BCUT2D eigenvalue weighted by Crippen LogP contribution is -2.41. The van der Waals surface area contributed by atoms with E-state index in [1.807, 2.05) is 0 Å². The summed E-state index contributed by atoms with van der Waals surface area (Å²) in [5.41, 5.74) is 0. The van der Waals surface area contributed by atoms with Crippen molar-refractivity contribution < 1.29 is 0 Å². The zero-order valence-electron chi connectivity index (χ0n) is 7.19. The van der Waals surface area contributed by atoms with Gasteiger partial charge in [0, 0.05) is 12.1 Å². The largest absolute Gasteiger partial charge is 0.311 e. The molecule has 0 amide bonds. The standard InChI is InChI=1S/C9H19N/c1-3-8-6-5-7-9(4-2)10-8/h8-10H,3-7H2,1-2H3/t8-,9+. The molecule has 10 heavy (non-hydrogen) atoms. The molecule has 0 aromatic rings. The second kappa shape index (κ2) is 3.97. The molecule has 60 valence electrons. The van der Waals surface area contributed by atoms with Crippen LogP contribution in [0.25, 0.3) is 0 Å². The lowest BCUT2D eigenvalue weighted by molar-refractivity contribution is 0.308. The number of piperidine rings is 1. The van der Waals surface area contributed by atoms with Gasteiger partial charge in [-0.3, -0.25) is 0 Å². The lowest BCUT2D eigenvalue weighted by atomic mass is 9.96. The Morgan fingerprint density at radius 1 is 1.10 bits per heavy atom. The van der Waals surface area contributed by atoms with Crippen LogP contribution in [-0.2, 0) is 0 Å². The van der Waals surface area contributed by atoms with Crippen LogP contribution in [0, 0.1) is 0 Å². The van der Waals surface area contributed by atoms with E-state index in [2.05, 4.69) is 19.2 Å². The molecule has 1 saturated heterocycles. The van der Waals surface area contributed by atoms with E-state index in [0.717, 1.165) is 12.1 Å². The van der Waals surface area contributed by atoms with Crippen LogP contribution in [0.3, 0.4) is 0 Å². The van der Waals surface area contributed by atoms with Crippen LogP contribution in [0.4, 0.5) is 0 Å². The summed E-state index contributed by atoms with van der Waals surface area (Å²) in [5, 5.41) is 3.65. The van der Waals surface area contributed by atoms with E-state index in [-0.39, 0.29) is 0 Å². The van der Waals surface area contributed by atoms with E-state index < -0.39 is 0 Å². The quantitative estimate of drug-likeness (QED) is 0.622. The average molecular weight is 141 g/mol. The first-order valence-corrected chi connectivity index (χ1v) is 4.62. The molecule has 2 atom stereocenters. The van der Waals surface area contributed by atoms with Crippen LogP contribution >= 0.6 is 0 Å². The molecule has 0 aromatic carbocycles. The van der Waals surface area contributed by atoms with E-state index in [0.29, 0.717) is 0 Å². The summed E-state index contributed by atoms with van der Waals surface area (Å²) < 4.78 is 0. The predicted molar refractivity (Wildman–Crippen MR) is 45.1 cm³/mol. The molecule has 1 fully saturated rings. The zero-order valence-corrected chi connectivity index (χ0v) is 7.19. The number of nitrogens with one attached hydrogen (secondary N) is 1. The topological polar surface area (TPSA) is 12.0 Å². The van der Waals surface area contributed by atoms with Gasteiger partial charge in [0.15, 0.2) is 0 Å². The number of hydrogen-bond acceptors (Lipinski definition) is 1. The molecule has 1 aliphatic rings. The fourth-order valence-corrected chi connectivity index (χ4v) is 1.75. The molecular formula is C9H19N. The van der Waals surface area contributed by atoms with Crippen molar-refractivity contribution in [2.24, 2.45) is 0 Å². The van der Waals surface area contributed by atoms with Gasteiger partial charge in [-0.1, -0.05) is 20.3 Å². The third-order valence-electron chi connectivity index (χ3n) is 2.56. The highest BCUT2D eigenvalue weighted by molar-refractivity contribution is 4.78. The molecule has 0 radical (unpaired) electrons. The Hall–Kier alpha value is -0.0400. The molecule has 0 spiro atoms. The molecule has 0 saturated carbocycles. The summed E-state index contributed by atoms with van der Waals surface area (Å²) in [6.07, 6.45) is 6.83. The van der Waals surface area contributed by atoms with Crippen LogP contribution in [-0.4, -0.2) is 12.1 Å². The highest BCUT2D eigenvalue weighted by Crippen LogP contribution is 2.16. The fraction of sp³-hybridized carbons (Fsp3) is 1.00. The predicted octanol–water partition coefficient (Wildman–Crippen LogP) is 2.32. The van der Waals surface area contributed by atoms with Crippen LogP contribution in [0.5, 0.6) is 0 Å². The summed E-state index contributed by atoms with van der Waals surface area (Å²) in [6.45, 7) is 4.55. The van der Waals surface area contributed by atoms with Gasteiger partial charge in [-0.25, -0.2) is 0 Å². The van der Waals surface area contributed by atoms with Gasteiger partial charge < -0.3 is 5.32 Å². The third-order valence-corrected chi connectivity index (χ3v) is 2.56. The first kappa shape index (κ1) is 8.06. The van der Waals surface area contributed by atoms with E-state index in [1.54, 1.807) is 0 Å². The summed E-state index contributed by atoms with van der Waals surface area (Å²) in [6, 6.07) is 1.64. The summed E-state index contributed by atoms with van der Waals surface area (Å²) in [4.78, 5) is 0. The van der Waals surface area contributed by atoms with Crippen molar-refractivity contribution in [1.82, 2.24) is 5.32 Å². The molecule has 0 aliphatic carbocycles. The monoisotopic (exact) mass is 141 g/mol. The first-order valence-electron chi connectivity index (χ1n) is 4.62. The minimum absolute atomic E-state index is 0.818. The molecule has 0 aromatic heterocycles. The van der Waals surface area contributed by atoms with Crippen LogP contribution in [0.2, 0.25) is 0 Å². The lowest BCUT2D eigenvalue weighted by Gasteiger charge is -2.29. The van der Waals surface area contributed by atoms with Gasteiger partial charge in [-0.15, -0.1) is 0 Å². The minimum atomic E-state index is 0.818. The zero-order chi connectivity index (χ0) is 7.40.